The number of nitro benzene ring substituents is 1. The number of carbonyl (C=O) groups is 2. The number of nitrogens with zero attached hydrogens (tertiary/aromatic N) is 2. The molecule has 0 aliphatic carbocycles. The van der Waals surface area contributed by atoms with Gasteiger partial charge in [0.05, 0.1) is 29.3 Å². The number of aryl methyl sites for hydroxylation is 1. The van der Waals surface area contributed by atoms with Crippen LogP contribution in [-0.4, -0.2) is 43.0 Å². The number of halogens is 4. The third-order valence-corrected chi connectivity index (χ3v) is 6.41. The molecule has 1 saturated heterocycles. The molecule has 3 aromatic carbocycles. The third kappa shape index (κ3) is 6.13. The molecule has 4 rings (SSSR count). The Bertz CT molecular complexity index is 1470. The molecule has 13 heteroatoms. The first kappa shape index (κ1) is 27.9. The highest BCUT2D eigenvalue weighted by Gasteiger charge is 2.33. The maximum absolute atomic E-state index is 13.6. The van der Waals surface area contributed by atoms with Gasteiger partial charge in [0.15, 0.2) is 0 Å². The van der Waals surface area contributed by atoms with Crippen molar-refractivity contribution in [1.29, 1.82) is 0 Å². The van der Waals surface area contributed by atoms with E-state index in [0.29, 0.717) is 31.9 Å². The van der Waals surface area contributed by atoms with E-state index in [1.165, 1.54) is 24.3 Å². The zero-order valence-corrected chi connectivity index (χ0v) is 21.2. The first-order valence-corrected chi connectivity index (χ1v) is 12.0. The van der Waals surface area contributed by atoms with E-state index in [1.807, 2.05) is 0 Å². The summed E-state index contributed by atoms with van der Waals surface area (Å²) < 4.78 is 46.2. The van der Waals surface area contributed by atoms with Crippen molar-refractivity contribution < 1.29 is 32.4 Å². The first-order chi connectivity index (χ1) is 18.3. The molecule has 39 heavy (non-hydrogen) atoms. The second-order valence-electron chi connectivity index (χ2n) is 8.82. The minimum atomic E-state index is -4.68. The summed E-state index contributed by atoms with van der Waals surface area (Å²) in [4.78, 5) is 37.8. The number of nitrogens with two attached hydrogens (primary N) is 1. The molecule has 0 saturated carbocycles. The number of primary amides is 1. The molecule has 2 amide bonds. The lowest BCUT2D eigenvalue weighted by Crippen LogP contribution is -2.36. The van der Waals surface area contributed by atoms with Crippen LogP contribution in [0.15, 0.2) is 48.5 Å². The van der Waals surface area contributed by atoms with Gasteiger partial charge in [0, 0.05) is 35.1 Å². The van der Waals surface area contributed by atoms with Crippen LogP contribution in [0.4, 0.5) is 30.2 Å². The smallest absolute Gasteiger partial charge is 0.378 e. The minimum absolute atomic E-state index is 0.0106. The number of alkyl halides is 3. The molecular formula is C26H22ClF3N4O5. The van der Waals surface area contributed by atoms with Crippen LogP contribution in [0, 0.1) is 17.0 Å². The molecule has 0 atom stereocenters. The fourth-order valence-electron chi connectivity index (χ4n) is 4.29. The number of morpholine rings is 1. The van der Waals surface area contributed by atoms with Crippen LogP contribution >= 0.6 is 11.6 Å². The van der Waals surface area contributed by atoms with Crippen molar-refractivity contribution in [2.24, 2.45) is 5.73 Å². The fraction of sp³-hybridized carbons (Fsp3) is 0.231. The van der Waals surface area contributed by atoms with Gasteiger partial charge in [-0.05, 0) is 60.5 Å². The van der Waals surface area contributed by atoms with Crippen LogP contribution in [-0.2, 0) is 10.9 Å². The molecule has 0 aromatic heterocycles. The van der Waals surface area contributed by atoms with E-state index < -0.39 is 39.7 Å². The molecule has 0 unspecified atom stereocenters. The zero-order valence-electron chi connectivity index (χ0n) is 20.5. The number of ether oxygens (including phenoxy) is 1. The standard InChI is InChI=1S/C26H22ClF3N4O5/c1-14-2-3-18(13-20(14)21-11-17(27)12-22(24(31)35)23(21)34(37)38)32-25(36)15-8-16(26(28,29)30)10-19(9-15)33-4-6-39-7-5-33/h2-3,8-13H,4-7H2,1H3,(H2,31,35)(H,32,36). The molecule has 1 aliphatic rings. The van der Waals surface area contributed by atoms with Gasteiger partial charge in [0.1, 0.15) is 5.56 Å². The number of hydrogen-bond donors (Lipinski definition) is 2. The van der Waals surface area contributed by atoms with E-state index in [0.717, 1.165) is 18.2 Å². The summed E-state index contributed by atoms with van der Waals surface area (Å²) in [7, 11) is 0. The highest BCUT2D eigenvalue weighted by Crippen LogP contribution is 2.39. The van der Waals surface area contributed by atoms with Crippen molar-refractivity contribution in [3.63, 3.8) is 0 Å². The molecule has 9 nitrogen and oxygen atoms in total. The molecule has 3 aromatic rings. The van der Waals surface area contributed by atoms with Gasteiger partial charge in [0.25, 0.3) is 17.5 Å². The largest absolute Gasteiger partial charge is 0.416 e. The van der Waals surface area contributed by atoms with Crippen molar-refractivity contribution >= 4 is 40.5 Å². The van der Waals surface area contributed by atoms with E-state index >= 15 is 0 Å². The Kier molecular flexibility index (Phi) is 7.79. The van der Waals surface area contributed by atoms with Crippen molar-refractivity contribution in [2.45, 2.75) is 13.1 Å². The Morgan fingerprint density at radius 3 is 2.38 bits per heavy atom. The summed E-state index contributed by atoms with van der Waals surface area (Å²) >= 11 is 6.10. The van der Waals surface area contributed by atoms with E-state index in [9.17, 15) is 32.9 Å². The quantitative estimate of drug-likeness (QED) is 0.304. The lowest BCUT2D eigenvalue weighted by Gasteiger charge is -2.29. The monoisotopic (exact) mass is 562 g/mol. The van der Waals surface area contributed by atoms with Crippen molar-refractivity contribution in [1.82, 2.24) is 0 Å². The highest BCUT2D eigenvalue weighted by molar-refractivity contribution is 6.31. The van der Waals surface area contributed by atoms with Gasteiger partial charge in [0.2, 0.25) is 0 Å². The maximum Gasteiger partial charge on any atom is 0.416 e. The van der Waals surface area contributed by atoms with Gasteiger partial charge in [-0.2, -0.15) is 13.2 Å². The number of benzene rings is 3. The summed E-state index contributed by atoms with van der Waals surface area (Å²) in [6.07, 6.45) is -4.68. The summed E-state index contributed by atoms with van der Waals surface area (Å²) in [5.74, 6) is -1.86. The predicted octanol–water partition coefficient (Wildman–Crippen LogP) is 5.43. The number of rotatable bonds is 6. The Morgan fingerprint density at radius 2 is 1.77 bits per heavy atom. The molecule has 1 fully saturated rings. The van der Waals surface area contributed by atoms with Gasteiger partial charge >= 0.3 is 6.18 Å². The highest BCUT2D eigenvalue weighted by atomic mass is 35.5. The van der Waals surface area contributed by atoms with Gasteiger partial charge in [-0.1, -0.05) is 17.7 Å². The van der Waals surface area contributed by atoms with E-state index in [2.05, 4.69) is 5.32 Å². The molecule has 204 valence electrons. The Labute approximate surface area is 225 Å². The summed E-state index contributed by atoms with van der Waals surface area (Å²) in [5, 5.41) is 14.4. The number of nitro groups is 1. The molecular weight excluding hydrogens is 541 g/mol. The second kappa shape index (κ2) is 10.9. The zero-order chi connectivity index (χ0) is 28.5. The van der Waals surface area contributed by atoms with Crippen LogP contribution in [0.25, 0.3) is 11.1 Å². The summed E-state index contributed by atoms with van der Waals surface area (Å²) in [5.41, 5.74) is 4.35. The molecule has 1 heterocycles. The molecule has 1 aliphatic heterocycles. The predicted molar refractivity (Wildman–Crippen MR) is 139 cm³/mol. The number of amides is 2. The number of anilines is 2. The Morgan fingerprint density at radius 1 is 1.08 bits per heavy atom. The van der Waals surface area contributed by atoms with E-state index in [-0.39, 0.29) is 33.1 Å². The topological polar surface area (TPSA) is 128 Å². The number of nitrogens with one attached hydrogen (secondary N) is 1. The summed E-state index contributed by atoms with van der Waals surface area (Å²) in [6.45, 7) is 3.08. The Hall–Kier alpha value is -4.16. The molecule has 0 spiro atoms. The minimum Gasteiger partial charge on any atom is -0.378 e. The van der Waals surface area contributed by atoms with E-state index in [1.54, 1.807) is 17.9 Å². The van der Waals surface area contributed by atoms with Crippen molar-refractivity contribution in [3.05, 3.63) is 85.9 Å². The molecule has 3 N–H and O–H groups in total. The van der Waals surface area contributed by atoms with Crippen LogP contribution < -0.4 is 16.0 Å². The van der Waals surface area contributed by atoms with Gasteiger partial charge in [-0.25, -0.2) is 0 Å². The van der Waals surface area contributed by atoms with Crippen LogP contribution in [0.5, 0.6) is 0 Å². The van der Waals surface area contributed by atoms with Crippen molar-refractivity contribution in [3.8, 4) is 11.1 Å². The van der Waals surface area contributed by atoms with Crippen LogP contribution in [0.1, 0.15) is 31.8 Å². The lowest BCUT2D eigenvalue weighted by atomic mass is 9.95. The first-order valence-electron chi connectivity index (χ1n) is 11.6. The number of hydrogen-bond acceptors (Lipinski definition) is 6. The average molecular weight is 563 g/mol. The van der Waals surface area contributed by atoms with E-state index in [4.69, 9.17) is 22.1 Å². The third-order valence-electron chi connectivity index (χ3n) is 6.19. The fourth-order valence-corrected chi connectivity index (χ4v) is 4.51. The van der Waals surface area contributed by atoms with Gasteiger partial charge < -0.3 is 20.7 Å². The van der Waals surface area contributed by atoms with Crippen molar-refractivity contribution in [2.75, 3.05) is 36.5 Å². The maximum atomic E-state index is 13.6. The van der Waals surface area contributed by atoms with Gasteiger partial charge in [-0.3, -0.25) is 19.7 Å². The molecule has 0 bridgehead atoms. The normalized spacial score (nSPS) is 13.7. The second-order valence-corrected chi connectivity index (χ2v) is 9.26. The van der Waals surface area contributed by atoms with Gasteiger partial charge in [-0.15, -0.1) is 0 Å². The van der Waals surface area contributed by atoms with Crippen LogP contribution in [0.2, 0.25) is 5.02 Å². The number of carbonyl (C=O) groups excluding carboxylic acids is 2. The van der Waals surface area contributed by atoms with Crippen LogP contribution in [0.3, 0.4) is 0 Å². The summed E-state index contributed by atoms with van der Waals surface area (Å²) in [6, 6.07) is 9.96. The Balaban J connectivity index is 1.74. The molecule has 0 radical (unpaired) electrons. The SMILES string of the molecule is Cc1ccc(NC(=O)c2cc(N3CCOCC3)cc(C(F)(F)F)c2)cc1-c1cc(Cl)cc(C(N)=O)c1[N+](=O)[O-]. The average Bonchev–Trinajstić information content (AvgIpc) is 2.88. The lowest BCUT2D eigenvalue weighted by molar-refractivity contribution is -0.384.